The molecule has 18 heavy (non-hydrogen) atoms. The van der Waals surface area contributed by atoms with Crippen LogP contribution >= 0.6 is 0 Å². The minimum atomic E-state index is -4.72. The van der Waals surface area contributed by atoms with Gasteiger partial charge >= 0.3 is 5.82 Å². The molecule has 0 amide bonds. The van der Waals surface area contributed by atoms with Gasteiger partial charge in [0.05, 0.1) is 0 Å². The molecule has 0 unspecified atom stereocenters. The number of hydrogen-bond acceptors (Lipinski definition) is 6. The number of halogens is 2. The zero-order chi connectivity index (χ0) is 14.1. The van der Waals surface area contributed by atoms with Crippen molar-refractivity contribution in [1.29, 1.82) is 5.26 Å². The summed E-state index contributed by atoms with van der Waals surface area (Å²) in [6.45, 7) is 0. The van der Waals surface area contributed by atoms with E-state index in [2.05, 4.69) is 10.1 Å². The van der Waals surface area contributed by atoms with Crippen molar-refractivity contribution in [2.24, 2.45) is 5.14 Å². The van der Waals surface area contributed by atoms with E-state index in [0.29, 0.717) is 6.20 Å². The average Bonchev–Trinajstić information content (AvgIpc) is 2.25. The number of nitrogens with two attached hydrogens (primary N) is 1. The van der Waals surface area contributed by atoms with Crippen molar-refractivity contribution in [3.05, 3.63) is 27.4 Å². The van der Waals surface area contributed by atoms with Gasteiger partial charge in [0.1, 0.15) is 22.1 Å². The Hall–Kier alpha value is -2.19. The highest BCUT2D eigenvalue weighted by atomic mass is 32.2. The zero-order valence-electron chi connectivity index (χ0n) is 8.37. The van der Waals surface area contributed by atoms with Crippen LogP contribution in [0.2, 0.25) is 0 Å². The lowest BCUT2D eigenvalue weighted by molar-refractivity contribution is -0.391. The first-order valence-electron chi connectivity index (χ1n) is 4.08. The quantitative estimate of drug-likeness (QED) is 0.628. The van der Waals surface area contributed by atoms with Gasteiger partial charge in [-0.05, 0) is 9.91 Å². The minimum absolute atomic E-state index is 0.504. The number of nitriles is 1. The molecule has 0 radical (unpaired) electrons. The Morgan fingerprint density at radius 1 is 1.56 bits per heavy atom. The Morgan fingerprint density at radius 2 is 2.11 bits per heavy atom. The number of primary sulfonamides is 1. The number of pyridine rings is 1. The molecule has 0 aliphatic heterocycles. The van der Waals surface area contributed by atoms with Crippen molar-refractivity contribution in [3.8, 4) is 6.07 Å². The standard InChI is InChI=1S/C7H4F2N4O4S/c8-6(9)4-5(18(11,16)17)3(1-10)2-12-7(4)13(14)15/h2,6H,(H2,11,16,17). The van der Waals surface area contributed by atoms with Crippen molar-refractivity contribution in [2.45, 2.75) is 11.3 Å². The van der Waals surface area contributed by atoms with Crippen molar-refractivity contribution < 1.29 is 22.1 Å². The van der Waals surface area contributed by atoms with Gasteiger partial charge in [0.2, 0.25) is 10.0 Å². The normalized spacial score (nSPS) is 11.3. The van der Waals surface area contributed by atoms with E-state index in [-0.39, 0.29) is 0 Å². The number of alkyl halides is 2. The first-order chi connectivity index (χ1) is 8.20. The zero-order valence-corrected chi connectivity index (χ0v) is 9.19. The molecule has 0 fully saturated rings. The van der Waals surface area contributed by atoms with Gasteiger partial charge in [0, 0.05) is 0 Å². The minimum Gasteiger partial charge on any atom is -0.358 e. The molecular weight excluding hydrogens is 274 g/mol. The largest absolute Gasteiger partial charge is 0.373 e. The molecule has 0 bridgehead atoms. The van der Waals surface area contributed by atoms with E-state index in [0.717, 1.165) is 0 Å². The summed E-state index contributed by atoms with van der Waals surface area (Å²) >= 11 is 0. The van der Waals surface area contributed by atoms with E-state index in [1.165, 1.54) is 6.07 Å². The maximum absolute atomic E-state index is 12.7. The van der Waals surface area contributed by atoms with Gasteiger partial charge in [-0.1, -0.05) is 0 Å². The van der Waals surface area contributed by atoms with Crippen LogP contribution in [-0.2, 0) is 10.0 Å². The Kier molecular flexibility index (Phi) is 3.54. The summed E-state index contributed by atoms with van der Waals surface area (Å²) in [5.41, 5.74) is -2.26. The molecule has 1 aromatic heterocycles. The third kappa shape index (κ3) is 2.39. The molecule has 8 nitrogen and oxygen atoms in total. The lowest BCUT2D eigenvalue weighted by Gasteiger charge is -2.07. The summed E-state index contributed by atoms with van der Waals surface area (Å²) in [6, 6.07) is 1.29. The predicted molar refractivity (Wildman–Crippen MR) is 51.9 cm³/mol. The Morgan fingerprint density at radius 3 is 2.44 bits per heavy atom. The molecule has 1 rings (SSSR count). The van der Waals surface area contributed by atoms with Gasteiger partial charge in [-0.25, -0.2) is 22.3 Å². The first kappa shape index (κ1) is 13.9. The van der Waals surface area contributed by atoms with E-state index in [1.54, 1.807) is 0 Å². The van der Waals surface area contributed by atoms with Crippen LogP contribution in [0.1, 0.15) is 17.6 Å². The van der Waals surface area contributed by atoms with E-state index in [9.17, 15) is 27.3 Å². The molecule has 1 aromatic rings. The summed E-state index contributed by atoms with van der Waals surface area (Å²) in [5.74, 6) is -1.35. The van der Waals surface area contributed by atoms with Crippen molar-refractivity contribution in [3.63, 3.8) is 0 Å². The van der Waals surface area contributed by atoms with Crippen LogP contribution < -0.4 is 5.14 Å². The van der Waals surface area contributed by atoms with E-state index in [1.807, 2.05) is 0 Å². The summed E-state index contributed by atoms with van der Waals surface area (Å²) in [6.07, 6.45) is -3.01. The smallest absolute Gasteiger partial charge is 0.358 e. The highest BCUT2D eigenvalue weighted by molar-refractivity contribution is 7.89. The monoisotopic (exact) mass is 278 g/mol. The molecule has 0 saturated carbocycles. The molecule has 0 atom stereocenters. The van der Waals surface area contributed by atoms with Gasteiger partial charge in [0.15, 0.2) is 6.20 Å². The first-order valence-corrected chi connectivity index (χ1v) is 5.63. The van der Waals surface area contributed by atoms with Gasteiger partial charge in [-0.15, -0.1) is 0 Å². The number of rotatable bonds is 3. The van der Waals surface area contributed by atoms with Gasteiger partial charge in [-0.3, -0.25) is 0 Å². The lowest BCUT2D eigenvalue weighted by atomic mass is 10.2. The topological polar surface area (TPSA) is 140 Å². The third-order valence-electron chi connectivity index (χ3n) is 1.84. The highest BCUT2D eigenvalue weighted by Crippen LogP contribution is 2.34. The third-order valence-corrected chi connectivity index (χ3v) is 2.85. The maximum Gasteiger partial charge on any atom is 0.373 e. The highest BCUT2D eigenvalue weighted by Gasteiger charge is 2.34. The van der Waals surface area contributed by atoms with Gasteiger partial charge < -0.3 is 10.1 Å². The lowest BCUT2D eigenvalue weighted by Crippen LogP contribution is -2.18. The van der Waals surface area contributed by atoms with Crippen molar-refractivity contribution in [1.82, 2.24) is 4.98 Å². The van der Waals surface area contributed by atoms with Gasteiger partial charge in [0.25, 0.3) is 6.43 Å². The van der Waals surface area contributed by atoms with Crippen LogP contribution in [0.5, 0.6) is 0 Å². The second-order valence-corrected chi connectivity index (χ2v) is 4.45. The molecule has 11 heteroatoms. The Balaban J connectivity index is 3.90. The molecule has 0 aromatic carbocycles. The summed E-state index contributed by atoms with van der Waals surface area (Å²) < 4.78 is 47.8. The van der Waals surface area contributed by atoms with Crippen molar-refractivity contribution >= 4 is 15.8 Å². The molecular formula is C7H4F2N4O4S. The fourth-order valence-corrected chi connectivity index (χ4v) is 2.12. The number of nitrogens with zero attached hydrogens (tertiary/aromatic N) is 3. The fraction of sp³-hybridized carbons (Fsp3) is 0.143. The predicted octanol–water partition coefficient (Wildman–Crippen LogP) is 0.446. The average molecular weight is 278 g/mol. The summed E-state index contributed by atoms with van der Waals surface area (Å²) in [5, 5.41) is 23.8. The van der Waals surface area contributed by atoms with Crippen LogP contribution in [0.4, 0.5) is 14.6 Å². The Bertz CT molecular complexity index is 652. The van der Waals surface area contributed by atoms with Crippen LogP contribution in [0.25, 0.3) is 0 Å². The second-order valence-electron chi connectivity index (χ2n) is 2.95. The van der Waals surface area contributed by atoms with E-state index in [4.69, 9.17) is 5.26 Å². The van der Waals surface area contributed by atoms with Crippen LogP contribution in [0.3, 0.4) is 0 Å². The van der Waals surface area contributed by atoms with Crippen LogP contribution in [-0.4, -0.2) is 18.3 Å². The van der Waals surface area contributed by atoms with Crippen LogP contribution in [0, 0.1) is 21.4 Å². The summed E-state index contributed by atoms with van der Waals surface area (Å²) in [7, 11) is -4.72. The molecule has 2 N–H and O–H groups in total. The SMILES string of the molecule is N#Cc1cnc([N+](=O)[O-])c(C(F)F)c1S(N)(=O)=O. The second kappa shape index (κ2) is 4.59. The molecule has 0 aliphatic carbocycles. The maximum atomic E-state index is 12.7. The summed E-state index contributed by atoms with van der Waals surface area (Å²) in [4.78, 5) is 11.0. The molecule has 96 valence electrons. The molecule has 1 heterocycles. The molecule has 0 aliphatic rings. The Labute approximate surface area is 98.9 Å². The molecule has 0 saturated heterocycles. The van der Waals surface area contributed by atoms with Gasteiger partial charge in [-0.2, -0.15) is 5.26 Å². The van der Waals surface area contributed by atoms with Crippen LogP contribution in [0.15, 0.2) is 11.1 Å². The number of nitro groups is 1. The number of sulfonamides is 1. The van der Waals surface area contributed by atoms with E-state index >= 15 is 0 Å². The van der Waals surface area contributed by atoms with Crippen molar-refractivity contribution in [2.75, 3.05) is 0 Å². The number of aromatic nitrogens is 1. The fourth-order valence-electron chi connectivity index (χ4n) is 1.23. The molecule has 0 spiro atoms. The van der Waals surface area contributed by atoms with E-state index < -0.39 is 43.2 Å². The number of hydrogen-bond donors (Lipinski definition) is 1.